The van der Waals surface area contributed by atoms with Gasteiger partial charge in [-0.2, -0.15) is 18.3 Å². The van der Waals surface area contributed by atoms with Gasteiger partial charge in [-0.25, -0.2) is 9.78 Å². The predicted octanol–water partition coefficient (Wildman–Crippen LogP) is 6.29. The average molecular weight is 615 g/mol. The van der Waals surface area contributed by atoms with Gasteiger partial charge in [0, 0.05) is 63.1 Å². The molecule has 232 valence electrons. The molecule has 0 spiro atoms. The van der Waals surface area contributed by atoms with Crippen LogP contribution in [0, 0.1) is 0 Å². The number of carbonyl (C=O) groups excluding carboxylic acids is 1. The number of anilines is 3. The number of benzene rings is 3. The Morgan fingerprint density at radius 1 is 0.867 bits per heavy atom. The first-order valence-electron chi connectivity index (χ1n) is 14.5. The lowest BCUT2D eigenvalue weighted by Crippen LogP contribution is -2.44. The number of nitrogen functional groups attached to an aromatic ring is 1. The van der Waals surface area contributed by atoms with E-state index in [0.717, 1.165) is 52.3 Å². The molecule has 0 radical (unpaired) electrons. The number of nitrogens with one attached hydrogen (secondary N) is 2. The fraction of sp³-hybridized carbons (Fsp3) is 0.242. The highest BCUT2D eigenvalue weighted by atomic mass is 19.4. The number of aryl methyl sites for hydroxylation is 1. The molecule has 0 aliphatic carbocycles. The average Bonchev–Trinajstić information content (AvgIpc) is 3.38. The van der Waals surface area contributed by atoms with Crippen LogP contribution in [-0.2, 0) is 19.8 Å². The summed E-state index contributed by atoms with van der Waals surface area (Å²) in [5.74, 6) is 0.734. The molecule has 0 bridgehead atoms. The Morgan fingerprint density at radius 3 is 2.31 bits per heavy atom. The molecule has 3 heterocycles. The van der Waals surface area contributed by atoms with Crippen molar-refractivity contribution in [2.45, 2.75) is 12.7 Å². The number of alkyl halides is 3. The number of piperazine rings is 1. The van der Waals surface area contributed by atoms with Crippen molar-refractivity contribution < 1.29 is 18.0 Å². The summed E-state index contributed by atoms with van der Waals surface area (Å²) in [6.45, 7) is 3.21. The Balaban J connectivity index is 1.13. The molecule has 1 aliphatic heterocycles. The lowest BCUT2D eigenvalue weighted by atomic mass is 10.00. The monoisotopic (exact) mass is 614 g/mol. The maximum atomic E-state index is 14.0. The van der Waals surface area contributed by atoms with Gasteiger partial charge in [-0.3, -0.25) is 14.9 Å². The number of urea groups is 1. The zero-order valence-electron chi connectivity index (χ0n) is 24.9. The van der Waals surface area contributed by atoms with E-state index in [0.29, 0.717) is 18.9 Å². The van der Waals surface area contributed by atoms with Gasteiger partial charge >= 0.3 is 12.2 Å². The first-order valence-corrected chi connectivity index (χ1v) is 14.5. The molecule has 1 saturated heterocycles. The smallest absolute Gasteiger partial charge is 0.383 e. The maximum absolute atomic E-state index is 14.0. The second kappa shape index (κ2) is 12.2. The molecule has 6 rings (SSSR count). The number of likely N-dealkylation sites (N-methyl/N-ethyl adjacent to an activating group) is 1. The first-order chi connectivity index (χ1) is 21.5. The van der Waals surface area contributed by atoms with Gasteiger partial charge < -0.3 is 16.0 Å². The van der Waals surface area contributed by atoms with Gasteiger partial charge in [0.25, 0.3) is 0 Å². The molecule has 12 heteroatoms. The fourth-order valence-corrected chi connectivity index (χ4v) is 5.58. The zero-order valence-corrected chi connectivity index (χ0v) is 24.9. The summed E-state index contributed by atoms with van der Waals surface area (Å²) in [5.41, 5.74) is 9.14. The molecule has 4 N–H and O–H groups in total. The highest BCUT2D eigenvalue weighted by Crippen LogP contribution is 2.35. The summed E-state index contributed by atoms with van der Waals surface area (Å²) in [6.07, 6.45) is -2.87. The first kappa shape index (κ1) is 30.1. The Bertz CT molecular complexity index is 1840. The van der Waals surface area contributed by atoms with E-state index in [1.54, 1.807) is 24.0 Å². The van der Waals surface area contributed by atoms with Crippen LogP contribution >= 0.6 is 0 Å². The Labute approximate surface area is 258 Å². The van der Waals surface area contributed by atoms with Crippen molar-refractivity contribution in [1.29, 1.82) is 0 Å². The minimum absolute atomic E-state index is 0.0416. The SMILES string of the molecule is CN1CCN(Cc2ccc(NC(=O)Nc3cc(-c4ccc(-c5ccc6ccnc(N)c6c5)cc4)n(C)n3)cc2C(F)(F)F)CC1. The molecular weight excluding hydrogens is 581 g/mol. The van der Waals surface area contributed by atoms with Gasteiger partial charge in [-0.05, 0) is 59.0 Å². The number of pyridine rings is 1. The quantitative estimate of drug-likeness (QED) is 0.208. The lowest BCUT2D eigenvalue weighted by molar-refractivity contribution is -0.138. The minimum Gasteiger partial charge on any atom is -0.383 e. The van der Waals surface area contributed by atoms with Crippen LogP contribution in [0.3, 0.4) is 0 Å². The molecule has 1 aliphatic rings. The standard InChI is InChI=1S/C33H33F3N8O/c1-42-13-15-44(16-14-42)20-25-9-10-26(18-28(25)33(34,35)36)39-32(45)40-30-19-29(43(2)41-30)23-6-3-21(4-7-23)24-8-5-22-11-12-38-31(37)27(22)17-24/h3-12,17-19H,13-16,20H2,1-2H3,(H2,37,38)(H2,39,40,41,45). The van der Waals surface area contributed by atoms with Gasteiger partial charge in [0.1, 0.15) is 5.82 Å². The number of hydrogen-bond donors (Lipinski definition) is 3. The number of aromatic nitrogens is 3. The van der Waals surface area contributed by atoms with E-state index < -0.39 is 17.8 Å². The van der Waals surface area contributed by atoms with Crippen LogP contribution in [0.4, 0.5) is 35.3 Å². The normalized spacial score (nSPS) is 14.5. The van der Waals surface area contributed by atoms with Crippen molar-refractivity contribution in [2.24, 2.45) is 7.05 Å². The third kappa shape index (κ3) is 6.76. The van der Waals surface area contributed by atoms with Crippen LogP contribution in [0.15, 0.2) is 79.0 Å². The van der Waals surface area contributed by atoms with E-state index in [-0.39, 0.29) is 23.6 Å². The van der Waals surface area contributed by atoms with Crippen molar-refractivity contribution >= 4 is 34.1 Å². The van der Waals surface area contributed by atoms with Crippen molar-refractivity contribution in [3.8, 4) is 22.4 Å². The van der Waals surface area contributed by atoms with Gasteiger partial charge in [0.2, 0.25) is 0 Å². The van der Waals surface area contributed by atoms with Crippen molar-refractivity contribution in [2.75, 3.05) is 49.6 Å². The van der Waals surface area contributed by atoms with Crippen LogP contribution in [0.25, 0.3) is 33.2 Å². The molecule has 3 aromatic carbocycles. The Morgan fingerprint density at radius 2 is 1.58 bits per heavy atom. The minimum atomic E-state index is -4.56. The number of halogens is 3. The molecule has 2 amide bonds. The highest BCUT2D eigenvalue weighted by molar-refractivity contribution is 5.99. The van der Waals surface area contributed by atoms with Crippen LogP contribution in [0.1, 0.15) is 11.1 Å². The van der Waals surface area contributed by atoms with E-state index >= 15 is 0 Å². The molecule has 0 unspecified atom stereocenters. The largest absolute Gasteiger partial charge is 0.416 e. The summed E-state index contributed by atoms with van der Waals surface area (Å²) in [6, 6.07) is 20.8. The van der Waals surface area contributed by atoms with E-state index in [9.17, 15) is 18.0 Å². The fourth-order valence-electron chi connectivity index (χ4n) is 5.58. The van der Waals surface area contributed by atoms with Crippen LogP contribution in [0.2, 0.25) is 0 Å². The van der Waals surface area contributed by atoms with E-state index in [1.807, 2.05) is 60.5 Å². The summed E-state index contributed by atoms with van der Waals surface area (Å²) in [4.78, 5) is 21.1. The van der Waals surface area contributed by atoms with E-state index in [4.69, 9.17) is 5.73 Å². The number of nitrogens with zero attached hydrogens (tertiary/aromatic N) is 5. The number of carbonyl (C=O) groups is 1. The maximum Gasteiger partial charge on any atom is 0.416 e. The molecule has 9 nitrogen and oxygen atoms in total. The van der Waals surface area contributed by atoms with Gasteiger partial charge in [-0.15, -0.1) is 0 Å². The predicted molar refractivity (Wildman–Crippen MR) is 171 cm³/mol. The molecule has 0 saturated carbocycles. The van der Waals surface area contributed by atoms with E-state index in [2.05, 4.69) is 25.6 Å². The summed E-state index contributed by atoms with van der Waals surface area (Å²) < 4.78 is 43.5. The second-order valence-electron chi connectivity index (χ2n) is 11.3. The topological polar surface area (TPSA) is 104 Å². The molecule has 5 aromatic rings. The third-order valence-electron chi connectivity index (χ3n) is 8.10. The number of nitrogens with two attached hydrogens (primary N) is 1. The lowest BCUT2D eigenvalue weighted by Gasteiger charge is -2.33. The zero-order chi connectivity index (χ0) is 31.7. The number of rotatable bonds is 6. The summed E-state index contributed by atoms with van der Waals surface area (Å²) in [7, 11) is 3.75. The molecule has 0 atom stereocenters. The number of hydrogen-bond acceptors (Lipinski definition) is 6. The third-order valence-corrected chi connectivity index (χ3v) is 8.10. The Kier molecular flexibility index (Phi) is 8.17. The van der Waals surface area contributed by atoms with E-state index in [1.165, 1.54) is 12.1 Å². The van der Waals surface area contributed by atoms with Crippen molar-refractivity contribution in [1.82, 2.24) is 24.6 Å². The molecule has 45 heavy (non-hydrogen) atoms. The second-order valence-corrected chi connectivity index (χ2v) is 11.3. The van der Waals surface area contributed by atoms with Gasteiger partial charge in [-0.1, -0.05) is 42.5 Å². The summed E-state index contributed by atoms with van der Waals surface area (Å²) in [5, 5.41) is 11.4. The van der Waals surface area contributed by atoms with Crippen LogP contribution in [-0.4, -0.2) is 63.8 Å². The molecule has 2 aromatic heterocycles. The van der Waals surface area contributed by atoms with Crippen molar-refractivity contribution in [3.05, 3.63) is 90.1 Å². The number of amides is 2. The highest BCUT2D eigenvalue weighted by Gasteiger charge is 2.34. The molecule has 1 fully saturated rings. The van der Waals surface area contributed by atoms with Crippen molar-refractivity contribution in [3.63, 3.8) is 0 Å². The van der Waals surface area contributed by atoms with Gasteiger partial charge in [0.05, 0.1) is 11.3 Å². The number of fused-ring (bicyclic) bond motifs is 1. The Hall–Kier alpha value is -4.94. The molecular formula is C33H33F3N8O. The summed E-state index contributed by atoms with van der Waals surface area (Å²) >= 11 is 0. The van der Waals surface area contributed by atoms with Crippen LogP contribution < -0.4 is 16.4 Å². The van der Waals surface area contributed by atoms with Gasteiger partial charge in [0.15, 0.2) is 5.82 Å². The van der Waals surface area contributed by atoms with Crippen LogP contribution in [0.5, 0.6) is 0 Å².